The van der Waals surface area contributed by atoms with Gasteiger partial charge in [0.2, 0.25) is 5.91 Å². The number of methoxy groups -OCH3 is 1. The maximum absolute atomic E-state index is 13.9. The van der Waals surface area contributed by atoms with Gasteiger partial charge in [0.05, 0.1) is 30.4 Å². The number of esters is 1. The van der Waals surface area contributed by atoms with Crippen molar-refractivity contribution in [2.75, 3.05) is 20.2 Å². The van der Waals surface area contributed by atoms with Crippen LogP contribution in [-0.2, 0) is 28.9 Å². The van der Waals surface area contributed by atoms with Gasteiger partial charge in [-0.3, -0.25) is 20.4 Å². The lowest BCUT2D eigenvalue weighted by Crippen LogP contribution is -2.54. The number of nitrogens with zero attached hydrogens (tertiary/aromatic N) is 1. The monoisotopic (exact) mass is 650 g/mol. The van der Waals surface area contributed by atoms with Gasteiger partial charge in [0.25, 0.3) is 0 Å². The number of halogens is 6. The van der Waals surface area contributed by atoms with Crippen molar-refractivity contribution in [2.24, 2.45) is 5.92 Å². The van der Waals surface area contributed by atoms with E-state index in [-0.39, 0.29) is 43.1 Å². The van der Waals surface area contributed by atoms with Crippen LogP contribution in [0.4, 0.5) is 26.3 Å². The first kappa shape index (κ1) is 34.4. The summed E-state index contributed by atoms with van der Waals surface area (Å²) in [5.74, 6) is -3.84. The lowest BCUT2D eigenvalue weighted by atomic mass is 9.95. The molecule has 3 N–H and O–H groups in total. The van der Waals surface area contributed by atoms with Crippen molar-refractivity contribution in [2.45, 2.75) is 44.6 Å². The molecule has 1 heterocycles. The fourth-order valence-corrected chi connectivity index (χ4v) is 5.13. The predicted octanol–water partition coefficient (Wildman–Crippen LogP) is 5.88. The zero-order chi connectivity index (χ0) is 33.6. The van der Waals surface area contributed by atoms with Gasteiger partial charge >= 0.3 is 18.3 Å². The van der Waals surface area contributed by atoms with Gasteiger partial charge in [-0.15, -0.1) is 0 Å². The van der Waals surface area contributed by atoms with Gasteiger partial charge in [-0.2, -0.15) is 26.3 Å². The van der Waals surface area contributed by atoms with Gasteiger partial charge in [-0.25, -0.2) is 4.79 Å². The standard InChI is InChI=1S/C32H32F6N4O4/c1-19(22-8-10-23(11-9-22)30(44)45-2)41-29(43)26(27(39)32(36,37)38)28-40-12-13-42(28)17-21-14-24(31(33,34)35)16-25(15-21)46-18-20-6-4-3-5-7-20/h3-11,14-16,19,26,28,39-40H,12-13,17-18H2,1-2H3,(H,41,43)/t19-,26?,28?/m0/s1. The zero-order valence-corrected chi connectivity index (χ0v) is 24.8. The Bertz CT molecular complexity index is 1530. The van der Waals surface area contributed by atoms with Crippen molar-refractivity contribution in [1.29, 1.82) is 5.41 Å². The molecule has 1 aliphatic rings. The maximum atomic E-state index is 13.9. The molecule has 8 nitrogen and oxygen atoms in total. The molecule has 3 aromatic carbocycles. The molecule has 0 spiro atoms. The highest BCUT2D eigenvalue weighted by Crippen LogP contribution is 2.34. The van der Waals surface area contributed by atoms with E-state index in [1.807, 2.05) is 0 Å². The molecular formula is C32H32F6N4O4. The number of alkyl halides is 6. The number of nitrogens with one attached hydrogen (secondary N) is 3. The molecule has 14 heteroatoms. The van der Waals surface area contributed by atoms with E-state index < -0.39 is 53.6 Å². The molecule has 0 saturated carbocycles. The maximum Gasteiger partial charge on any atom is 0.429 e. The molecule has 4 rings (SSSR count). The van der Waals surface area contributed by atoms with E-state index in [0.29, 0.717) is 5.56 Å². The third-order valence-electron chi connectivity index (χ3n) is 7.48. The van der Waals surface area contributed by atoms with Crippen molar-refractivity contribution in [3.05, 3.63) is 101 Å². The lowest BCUT2D eigenvalue weighted by molar-refractivity contribution is -0.137. The van der Waals surface area contributed by atoms with E-state index in [2.05, 4.69) is 15.4 Å². The summed E-state index contributed by atoms with van der Waals surface area (Å²) in [7, 11) is 1.21. The van der Waals surface area contributed by atoms with E-state index >= 15 is 0 Å². The quantitative estimate of drug-likeness (QED) is 0.136. The Balaban J connectivity index is 1.57. The lowest BCUT2D eigenvalue weighted by Gasteiger charge is -2.32. The molecule has 1 saturated heterocycles. The Morgan fingerprint density at radius 1 is 1.00 bits per heavy atom. The number of ether oxygens (including phenoxy) is 2. The molecule has 3 atom stereocenters. The summed E-state index contributed by atoms with van der Waals surface area (Å²) >= 11 is 0. The number of carbonyl (C=O) groups is 2. The molecule has 1 amide bonds. The van der Waals surface area contributed by atoms with E-state index in [4.69, 9.17) is 10.1 Å². The largest absolute Gasteiger partial charge is 0.489 e. The Morgan fingerprint density at radius 3 is 2.28 bits per heavy atom. The van der Waals surface area contributed by atoms with Crippen LogP contribution >= 0.6 is 0 Å². The Morgan fingerprint density at radius 2 is 1.67 bits per heavy atom. The molecule has 246 valence electrons. The van der Waals surface area contributed by atoms with Gasteiger partial charge in [0.1, 0.15) is 24.0 Å². The van der Waals surface area contributed by atoms with Gasteiger partial charge in [0, 0.05) is 19.6 Å². The van der Waals surface area contributed by atoms with Crippen molar-refractivity contribution < 1.29 is 45.4 Å². The van der Waals surface area contributed by atoms with Crippen LogP contribution in [0.5, 0.6) is 5.75 Å². The number of rotatable bonds is 11. The van der Waals surface area contributed by atoms with E-state index in [1.54, 1.807) is 30.3 Å². The van der Waals surface area contributed by atoms with Crippen molar-refractivity contribution in [1.82, 2.24) is 15.5 Å². The highest BCUT2D eigenvalue weighted by atomic mass is 19.4. The van der Waals surface area contributed by atoms with Gasteiger partial charge < -0.3 is 14.8 Å². The topological polar surface area (TPSA) is 104 Å². The number of hydrogen-bond donors (Lipinski definition) is 3. The van der Waals surface area contributed by atoms with Crippen LogP contribution in [0, 0.1) is 11.3 Å². The summed E-state index contributed by atoms with van der Waals surface area (Å²) in [4.78, 5) is 26.5. The third-order valence-corrected chi connectivity index (χ3v) is 7.48. The fourth-order valence-electron chi connectivity index (χ4n) is 5.13. The molecule has 0 aliphatic carbocycles. The third kappa shape index (κ3) is 8.63. The number of carbonyl (C=O) groups excluding carboxylic acids is 2. The summed E-state index contributed by atoms with van der Waals surface area (Å²) < 4.78 is 93.4. The van der Waals surface area contributed by atoms with Gasteiger partial charge in [0.15, 0.2) is 0 Å². The van der Waals surface area contributed by atoms with Gasteiger partial charge in [-0.1, -0.05) is 42.5 Å². The van der Waals surface area contributed by atoms with Crippen LogP contribution in [0.3, 0.4) is 0 Å². The van der Waals surface area contributed by atoms with Crippen LogP contribution < -0.4 is 15.4 Å². The minimum Gasteiger partial charge on any atom is -0.489 e. The van der Waals surface area contributed by atoms with Crippen LogP contribution in [0.2, 0.25) is 0 Å². The van der Waals surface area contributed by atoms with E-state index in [0.717, 1.165) is 17.7 Å². The first-order valence-electron chi connectivity index (χ1n) is 14.2. The first-order chi connectivity index (χ1) is 21.7. The molecule has 0 radical (unpaired) electrons. The van der Waals surface area contributed by atoms with E-state index in [9.17, 15) is 35.9 Å². The highest BCUT2D eigenvalue weighted by Gasteiger charge is 2.49. The normalized spacial score (nSPS) is 16.8. The molecule has 0 aromatic heterocycles. The first-order valence-corrected chi connectivity index (χ1v) is 14.2. The smallest absolute Gasteiger partial charge is 0.429 e. The average Bonchev–Trinajstić information content (AvgIpc) is 3.46. The second-order valence-electron chi connectivity index (χ2n) is 10.7. The summed E-state index contributed by atoms with van der Waals surface area (Å²) in [5.41, 5.74) is -1.28. The Kier molecular flexibility index (Phi) is 10.7. The van der Waals surface area contributed by atoms with Crippen LogP contribution in [-0.4, -0.2) is 55.0 Å². The van der Waals surface area contributed by atoms with Gasteiger partial charge in [-0.05, 0) is 53.9 Å². The summed E-state index contributed by atoms with van der Waals surface area (Å²) in [6.07, 6.45) is -11.2. The number of amides is 1. The molecule has 46 heavy (non-hydrogen) atoms. The van der Waals surface area contributed by atoms with Crippen molar-refractivity contribution >= 4 is 17.6 Å². The summed E-state index contributed by atoms with van der Waals surface area (Å²) in [6, 6.07) is 17.0. The molecule has 1 fully saturated rings. The van der Waals surface area contributed by atoms with Crippen molar-refractivity contribution in [3.63, 3.8) is 0 Å². The molecule has 0 bridgehead atoms. The summed E-state index contributed by atoms with van der Waals surface area (Å²) in [5, 5.41) is 13.3. The zero-order valence-electron chi connectivity index (χ0n) is 24.8. The average molecular weight is 651 g/mol. The predicted molar refractivity (Wildman–Crippen MR) is 156 cm³/mol. The second kappa shape index (κ2) is 14.3. The second-order valence-corrected chi connectivity index (χ2v) is 10.7. The van der Waals surface area contributed by atoms with E-state index in [1.165, 1.54) is 49.3 Å². The van der Waals surface area contributed by atoms with Crippen LogP contribution in [0.1, 0.15) is 45.6 Å². The minimum atomic E-state index is -5.15. The van der Waals surface area contributed by atoms with Crippen molar-refractivity contribution in [3.8, 4) is 5.75 Å². The fraction of sp³-hybridized carbons (Fsp3) is 0.344. The highest BCUT2D eigenvalue weighted by molar-refractivity contribution is 6.06. The molecular weight excluding hydrogens is 618 g/mol. The van der Waals surface area contributed by atoms with Crippen LogP contribution in [0.15, 0.2) is 72.8 Å². The van der Waals surface area contributed by atoms with Crippen LogP contribution in [0.25, 0.3) is 0 Å². The molecule has 2 unspecified atom stereocenters. The molecule has 1 aliphatic heterocycles. The SMILES string of the molecule is COC(=O)c1ccc([C@H](C)NC(=O)C(C(=N)C(F)(F)F)C2NCCN2Cc2cc(OCc3ccccc3)cc(C(F)(F)F)c2)cc1. The number of hydrogen-bond acceptors (Lipinski definition) is 7. The minimum absolute atomic E-state index is 0.00984. The Labute approximate surface area is 261 Å². The Hall–Kier alpha value is -4.43. The molecule has 3 aromatic rings. The summed E-state index contributed by atoms with van der Waals surface area (Å²) in [6.45, 7) is 1.48. The number of benzene rings is 3.